The molecule has 1 fully saturated rings. The lowest BCUT2D eigenvalue weighted by molar-refractivity contribution is -0.117. The Hall–Kier alpha value is -0.850. The second-order valence-corrected chi connectivity index (χ2v) is 3.17. The van der Waals surface area contributed by atoms with Crippen LogP contribution in [0.2, 0.25) is 0 Å². The Morgan fingerprint density at radius 3 is 3.10 bits per heavy atom. The van der Waals surface area contributed by atoms with Crippen LogP contribution in [0.1, 0.15) is 12.8 Å². The van der Waals surface area contributed by atoms with E-state index in [0.717, 1.165) is 18.4 Å². The highest BCUT2D eigenvalue weighted by molar-refractivity contribution is 5.95. The summed E-state index contributed by atoms with van der Waals surface area (Å²) in [5.74, 6) is 1.06. The fourth-order valence-corrected chi connectivity index (χ4v) is 1.84. The van der Waals surface area contributed by atoms with Crippen LogP contribution in [0.15, 0.2) is 24.3 Å². The Morgan fingerprint density at radius 1 is 1.60 bits per heavy atom. The lowest BCUT2D eigenvalue weighted by Crippen LogP contribution is -2.12. The van der Waals surface area contributed by atoms with Gasteiger partial charge in [-0.2, -0.15) is 0 Å². The van der Waals surface area contributed by atoms with Crippen molar-refractivity contribution >= 4 is 5.78 Å². The van der Waals surface area contributed by atoms with Gasteiger partial charge in [0.1, 0.15) is 0 Å². The first-order valence-electron chi connectivity index (χ1n) is 3.67. The molecule has 10 heavy (non-hydrogen) atoms. The van der Waals surface area contributed by atoms with Crippen LogP contribution in [0.4, 0.5) is 0 Å². The van der Waals surface area contributed by atoms with E-state index in [9.17, 15) is 4.79 Å². The monoisotopic (exact) mass is 134 g/mol. The summed E-state index contributed by atoms with van der Waals surface area (Å²) in [5, 5.41) is 0. The number of ketones is 1. The zero-order valence-corrected chi connectivity index (χ0v) is 5.84. The summed E-state index contributed by atoms with van der Waals surface area (Å²) >= 11 is 0. The molecule has 0 aromatic heterocycles. The summed E-state index contributed by atoms with van der Waals surface area (Å²) in [6.07, 6.45) is 5.80. The van der Waals surface area contributed by atoms with Gasteiger partial charge in [-0.25, -0.2) is 0 Å². The van der Waals surface area contributed by atoms with E-state index < -0.39 is 0 Å². The number of carbonyl (C=O) groups is 1. The van der Waals surface area contributed by atoms with Crippen LogP contribution in [0.25, 0.3) is 0 Å². The quantitative estimate of drug-likeness (QED) is 0.461. The zero-order valence-electron chi connectivity index (χ0n) is 5.84. The number of allylic oxidation sites excluding steroid dienone is 3. The third kappa shape index (κ3) is 0.666. The number of carbonyl (C=O) groups excluding carboxylic acids is 1. The minimum absolute atomic E-state index is 0.176. The first-order chi connectivity index (χ1) is 4.77. The van der Waals surface area contributed by atoms with Crippen molar-refractivity contribution in [3.8, 4) is 0 Å². The van der Waals surface area contributed by atoms with Gasteiger partial charge in [0.2, 0.25) is 0 Å². The van der Waals surface area contributed by atoms with Crippen LogP contribution in [0.3, 0.4) is 0 Å². The van der Waals surface area contributed by atoms with E-state index in [1.54, 1.807) is 6.08 Å². The Kier molecular flexibility index (Phi) is 1.07. The van der Waals surface area contributed by atoms with Crippen molar-refractivity contribution < 1.29 is 4.79 Å². The molecule has 0 aromatic carbocycles. The van der Waals surface area contributed by atoms with Gasteiger partial charge in [0.05, 0.1) is 0 Å². The molecular formula is C9H10O. The first-order valence-corrected chi connectivity index (χ1v) is 3.67. The van der Waals surface area contributed by atoms with E-state index >= 15 is 0 Å². The second-order valence-electron chi connectivity index (χ2n) is 3.17. The van der Waals surface area contributed by atoms with E-state index in [0.29, 0.717) is 5.92 Å². The molecule has 2 atom stereocenters. The fourth-order valence-electron chi connectivity index (χ4n) is 1.84. The van der Waals surface area contributed by atoms with Crippen LogP contribution in [-0.2, 0) is 4.79 Å². The van der Waals surface area contributed by atoms with Gasteiger partial charge in [-0.3, -0.25) is 4.79 Å². The lowest BCUT2D eigenvalue weighted by atomic mass is 9.93. The summed E-state index contributed by atoms with van der Waals surface area (Å²) < 4.78 is 0. The maximum absolute atomic E-state index is 11.1. The number of hydrogen-bond acceptors (Lipinski definition) is 1. The van der Waals surface area contributed by atoms with Crippen molar-refractivity contribution in [2.75, 3.05) is 0 Å². The molecule has 0 spiro atoms. The van der Waals surface area contributed by atoms with Gasteiger partial charge in [0, 0.05) is 5.92 Å². The Labute approximate surface area is 60.4 Å². The maximum Gasteiger partial charge on any atom is 0.162 e. The summed E-state index contributed by atoms with van der Waals surface area (Å²) in [5.41, 5.74) is 1.14. The van der Waals surface area contributed by atoms with Crippen LogP contribution >= 0.6 is 0 Å². The average molecular weight is 134 g/mol. The molecule has 2 rings (SSSR count). The van der Waals surface area contributed by atoms with Gasteiger partial charge in [0.25, 0.3) is 0 Å². The van der Waals surface area contributed by atoms with Gasteiger partial charge in [-0.1, -0.05) is 18.2 Å². The van der Waals surface area contributed by atoms with E-state index in [2.05, 4.69) is 6.58 Å². The highest BCUT2D eigenvalue weighted by Gasteiger charge is 2.33. The summed E-state index contributed by atoms with van der Waals surface area (Å²) in [4.78, 5) is 11.1. The lowest BCUT2D eigenvalue weighted by Gasteiger charge is -2.09. The van der Waals surface area contributed by atoms with Crippen molar-refractivity contribution in [1.29, 1.82) is 0 Å². The van der Waals surface area contributed by atoms with Gasteiger partial charge in [0.15, 0.2) is 5.78 Å². The molecule has 2 bridgehead atoms. The van der Waals surface area contributed by atoms with Crippen molar-refractivity contribution in [2.45, 2.75) is 12.8 Å². The van der Waals surface area contributed by atoms with E-state index in [4.69, 9.17) is 0 Å². The number of hydrogen-bond donors (Lipinski definition) is 0. The molecule has 0 radical (unpaired) electrons. The van der Waals surface area contributed by atoms with Gasteiger partial charge >= 0.3 is 0 Å². The molecule has 0 aliphatic heterocycles. The number of fused-ring (bicyclic) bond motifs is 2. The second kappa shape index (κ2) is 1.82. The van der Waals surface area contributed by atoms with E-state index in [-0.39, 0.29) is 11.7 Å². The molecule has 2 unspecified atom stereocenters. The van der Waals surface area contributed by atoms with Crippen molar-refractivity contribution in [3.05, 3.63) is 24.3 Å². The smallest absolute Gasteiger partial charge is 0.162 e. The molecule has 0 N–H and O–H groups in total. The molecule has 0 saturated heterocycles. The van der Waals surface area contributed by atoms with Crippen molar-refractivity contribution in [1.82, 2.24) is 0 Å². The third-order valence-corrected chi connectivity index (χ3v) is 2.43. The molecule has 1 nitrogen and oxygen atoms in total. The molecule has 0 aromatic rings. The summed E-state index contributed by atoms with van der Waals surface area (Å²) in [7, 11) is 0. The predicted octanol–water partition coefficient (Wildman–Crippen LogP) is 1.71. The van der Waals surface area contributed by atoms with Crippen molar-refractivity contribution in [2.24, 2.45) is 11.8 Å². The highest BCUT2D eigenvalue weighted by atomic mass is 16.1. The molecule has 0 amide bonds. The highest BCUT2D eigenvalue weighted by Crippen LogP contribution is 2.39. The van der Waals surface area contributed by atoms with E-state index in [1.807, 2.05) is 6.08 Å². The topological polar surface area (TPSA) is 17.1 Å². The Morgan fingerprint density at radius 2 is 2.40 bits per heavy atom. The molecule has 2 aliphatic carbocycles. The van der Waals surface area contributed by atoms with Gasteiger partial charge in [-0.05, 0) is 24.8 Å². The largest absolute Gasteiger partial charge is 0.294 e. The Bertz CT molecular complexity index is 225. The minimum Gasteiger partial charge on any atom is -0.294 e. The minimum atomic E-state index is 0.176. The first kappa shape index (κ1) is 5.90. The van der Waals surface area contributed by atoms with Gasteiger partial charge in [-0.15, -0.1) is 0 Å². The summed E-state index contributed by atoms with van der Waals surface area (Å²) in [6, 6.07) is 0. The van der Waals surface area contributed by atoms with Gasteiger partial charge < -0.3 is 0 Å². The SMILES string of the molecule is C=C1CC2C=CC(=O)C1C2. The number of rotatable bonds is 0. The predicted molar refractivity (Wildman–Crippen MR) is 39.5 cm³/mol. The van der Waals surface area contributed by atoms with E-state index in [1.165, 1.54) is 0 Å². The molecule has 1 heteroatoms. The maximum atomic E-state index is 11.1. The normalized spacial score (nSPS) is 37.2. The zero-order chi connectivity index (χ0) is 7.14. The average Bonchev–Trinajstić information content (AvgIpc) is 2.21. The van der Waals surface area contributed by atoms with Crippen LogP contribution in [0.5, 0.6) is 0 Å². The standard InChI is InChI=1S/C9H10O/c1-6-4-7-2-3-9(10)8(6)5-7/h2-3,7-8H,1,4-5H2. The van der Waals surface area contributed by atoms with Crippen LogP contribution in [-0.4, -0.2) is 5.78 Å². The third-order valence-electron chi connectivity index (χ3n) is 2.43. The van der Waals surface area contributed by atoms with Crippen LogP contribution < -0.4 is 0 Å². The molecule has 2 aliphatic rings. The van der Waals surface area contributed by atoms with Crippen molar-refractivity contribution in [3.63, 3.8) is 0 Å². The Balaban J connectivity index is 2.37. The molecular weight excluding hydrogens is 124 g/mol. The molecule has 1 saturated carbocycles. The molecule has 52 valence electrons. The summed E-state index contributed by atoms with van der Waals surface area (Å²) in [6.45, 7) is 3.89. The van der Waals surface area contributed by atoms with Crippen LogP contribution in [0, 0.1) is 11.8 Å². The molecule has 0 heterocycles. The fraction of sp³-hybridized carbons (Fsp3) is 0.444.